The number of β-amino-alcohol motifs (C(OH)–C–C–N with tert-alkyl or cyclic N) is 1. The lowest BCUT2D eigenvalue weighted by Gasteiger charge is -2.33. The number of morpholine rings is 1. The molecule has 2 saturated heterocycles. The van der Waals surface area contributed by atoms with Crippen molar-refractivity contribution in [1.82, 2.24) is 9.80 Å². The number of hydrogen-bond acceptors (Lipinski definition) is 4. The van der Waals surface area contributed by atoms with Crippen LogP contribution in [-0.4, -0.2) is 72.4 Å². The number of rotatable bonds is 3. The highest BCUT2D eigenvalue weighted by molar-refractivity contribution is 5.94. The third-order valence-corrected chi connectivity index (χ3v) is 4.66. The lowest BCUT2D eigenvalue weighted by Crippen LogP contribution is -2.49. The van der Waals surface area contributed by atoms with Crippen molar-refractivity contribution in [2.75, 3.05) is 45.9 Å². The molecule has 1 aromatic rings. The number of carbonyl (C=O) groups is 1. The highest BCUT2D eigenvalue weighted by atomic mass is 19.1. The molecule has 5 nitrogen and oxygen atoms in total. The fraction of sp³-hybridized carbons (Fsp3) is 0.588. The molecule has 0 aliphatic carbocycles. The normalized spacial score (nSPS) is 25.8. The number of hydrogen-bond donors (Lipinski definition) is 1. The van der Waals surface area contributed by atoms with E-state index in [1.54, 1.807) is 24.0 Å². The first-order chi connectivity index (χ1) is 11.0. The van der Waals surface area contributed by atoms with Crippen LogP contribution in [0.25, 0.3) is 0 Å². The van der Waals surface area contributed by atoms with Crippen molar-refractivity contribution >= 4 is 5.91 Å². The van der Waals surface area contributed by atoms with E-state index in [2.05, 4.69) is 4.90 Å². The molecule has 2 heterocycles. The summed E-state index contributed by atoms with van der Waals surface area (Å²) in [5, 5.41) is 10.8. The van der Waals surface area contributed by atoms with Gasteiger partial charge in [-0.15, -0.1) is 0 Å². The molecule has 0 saturated carbocycles. The molecule has 2 fully saturated rings. The van der Waals surface area contributed by atoms with Crippen LogP contribution in [0.3, 0.4) is 0 Å². The summed E-state index contributed by atoms with van der Waals surface area (Å²) in [5.74, 6) is -0.597. The van der Waals surface area contributed by atoms with Crippen molar-refractivity contribution in [3.63, 3.8) is 0 Å². The topological polar surface area (TPSA) is 53.0 Å². The predicted molar refractivity (Wildman–Crippen MR) is 83.9 cm³/mol. The molecule has 1 aromatic carbocycles. The fourth-order valence-corrected chi connectivity index (χ4v) is 3.24. The first kappa shape index (κ1) is 16.4. The summed E-state index contributed by atoms with van der Waals surface area (Å²) < 4.78 is 19.0. The minimum atomic E-state index is -0.893. The minimum absolute atomic E-state index is 0.221. The first-order valence-electron chi connectivity index (χ1n) is 8.05. The number of aliphatic hydroxyl groups is 1. The summed E-state index contributed by atoms with van der Waals surface area (Å²) in [7, 11) is 0. The van der Waals surface area contributed by atoms with E-state index in [1.165, 1.54) is 6.07 Å². The van der Waals surface area contributed by atoms with Gasteiger partial charge in [0.15, 0.2) is 0 Å². The van der Waals surface area contributed by atoms with Gasteiger partial charge >= 0.3 is 0 Å². The van der Waals surface area contributed by atoms with Crippen LogP contribution in [-0.2, 0) is 4.74 Å². The highest BCUT2D eigenvalue weighted by Gasteiger charge is 2.39. The number of halogens is 1. The van der Waals surface area contributed by atoms with E-state index >= 15 is 0 Å². The molecule has 6 heteroatoms. The Bertz CT molecular complexity index is 589. The first-order valence-corrected chi connectivity index (χ1v) is 8.05. The molecule has 1 unspecified atom stereocenters. The van der Waals surface area contributed by atoms with E-state index in [0.29, 0.717) is 50.4 Å². The Kier molecular flexibility index (Phi) is 4.66. The number of likely N-dealkylation sites (tertiary alicyclic amines) is 1. The van der Waals surface area contributed by atoms with Crippen LogP contribution in [0.15, 0.2) is 18.2 Å². The zero-order valence-electron chi connectivity index (χ0n) is 13.4. The van der Waals surface area contributed by atoms with Gasteiger partial charge in [-0.05, 0) is 31.0 Å². The average Bonchev–Trinajstić information content (AvgIpc) is 2.92. The number of aryl methyl sites for hydroxylation is 1. The van der Waals surface area contributed by atoms with Gasteiger partial charge < -0.3 is 14.7 Å². The highest BCUT2D eigenvalue weighted by Crippen LogP contribution is 2.25. The Hall–Kier alpha value is -1.50. The second-order valence-electron chi connectivity index (χ2n) is 6.55. The van der Waals surface area contributed by atoms with Crippen LogP contribution in [0.5, 0.6) is 0 Å². The van der Waals surface area contributed by atoms with Gasteiger partial charge in [0.1, 0.15) is 5.82 Å². The van der Waals surface area contributed by atoms with Gasteiger partial charge in [-0.1, -0.05) is 6.07 Å². The molecule has 2 aliphatic heterocycles. The zero-order valence-corrected chi connectivity index (χ0v) is 13.4. The summed E-state index contributed by atoms with van der Waals surface area (Å²) >= 11 is 0. The average molecular weight is 322 g/mol. The van der Waals surface area contributed by atoms with Crippen molar-refractivity contribution in [1.29, 1.82) is 0 Å². The van der Waals surface area contributed by atoms with E-state index < -0.39 is 5.60 Å². The molecule has 0 bridgehead atoms. The van der Waals surface area contributed by atoms with Crippen LogP contribution < -0.4 is 0 Å². The van der Waals surface area contributed by atoms with Crippen LogP contribution in [0.4, 0.5) is 4.39 Å². The van der Waals surface area contributed by atoms with E-state index in [4.69, 9.17) is 4.74 Å². The Morgan fingerprint density at radius 3 is 2.78 bits per heavy atom. The van der Waals surface area contributed by atoms with Gasteiger partial charge in [-0.3, -0.25) is 9.69 Å². The number of ether oxygens (including phenoxy) is 1. The smallest absolute Gasteiger partial charge is 0.254 e. The predicted octanol–water partition coefficient (Wildman–Crippen LogP) is 1.04. The second-order valence-corrected chi connectivity index (χ2v) is 6.55. The maximum absolute atomic E-state index is 13.6. The van der Waals surface area contributed by atoms with Crippen molar-refractivity contribution in [2.24, 2.45) is 0 Å². The van der Waals surface area contributed by atoms with E-state index in [-0.39, 0.29) is 11.7 Å². The Balaban J connectivity index is 1.63. The summed E-state index contributed by atoms with van der Waals surface area (Å²) in [6.45, 7) is 5.97. The van der Waals surface area contributed by atoms with Crippen molar-refractivity contribution in [2.45, 2.75) is 18.9 Å². The fourth-order valence-electron chi connectivity index (χ4n) is 3.24. The van der Waals surface area contributed by atoms with Crippen LogP contribution in [0.1, 0.15) is 22.3 Å². The van der Waals surface area contributed by atoms with E-state index in [9.17, 15) is 14.3 Å². The summed E-state index contributed by atoms with van der Waals surface area (Å²) in [4.78, 5) is 16.3. The molecule has 126 valence electrons. The Morgan fingerprint density at radius 1 is 1.35 bits per heavy atom. The molecule has 0 radical (unpaired) electrons. The molecule has 1 atom stereocenters. The van der Waals surface area contributed by atoms with Crippen molar-refractivity contribution < 1.29 is 19.0 Å². The third kappa shape index (κ3) is 3.71. The quantitative estimate of drug-likeness (QED) is 0.904. The van der Waals surface area contributed by atoms with Gasteiger partial charge in [0, 0.05) is 31.7 Å². The van der Waals surface area contributed by atoms with Crippen LogP contribution in [0, 0.1) is 12.7 Å². The lowest BCUT2D eigenvalue weighted by molar-refractivity contribution is -0.0257. The van der Waals surface area contributed by atoms with Gasteiger partial charge in [0.25, 0.3) is 5.91 Å². The van der Waals surface area contributed by atoms with E-state index in [0.717, 1.165) is 13.1 Å². The van der Waals surface area contributed by atoms with Crippen molar-refractivity contribution in [3.05, 3.63) is 35.1 Å². The molecule has 2 aliphatic rings. The SMILES string of the molecule is Cc1ccc(C(=O)N2CCC(O)(CN3CCOCC3)C2)cc1F. The van der Waals surface area contributed by atoms with Gasteiger partial charge in [0.2, 0.25) is 0 Å². The molecular formula is C17H23FN2O3. The van der Waals surface area contributed by atoms with Crippen LogP contribution in [0.2, 0.25) is 0 Å². The third-order valence-electron chi connectivity index (χ3n) is 4.66. The number of benzene rings is 1. The monoisotopic (exact) mass is 322 g/mol. The minimum Gasteiger partial charge on any atom is -0.387 e. The number of nitrogens with zero attached hydrogens (tertiary/aromatic N) is 2. The molecule has 1 amide bonds. The van der Waals surface area contributed by atoms with Gasteiger partial charge in [0.05, 0.1) is 25.4 Å². The Morgan fingerprint density at radius 2 is 2.09 bits per heavy atom. The van der Waals surface area contributed by atoms with Gasteiger partial charge in [-0.25, -0.2) is 4.39 Å². The van der Waals surface area contributed by atoms with Crippen LogP contribution >= 0.6 is 0 Å². The maximum atomic E-state index is 13.6. The lowest BCUT2D eigenvalue weighted by atomic mass is 10.0. The number of carbonyl (C=O) groups excluding carboxylic acids is 1. The number of amides is 1. The summed E-state index contributed by atoms with van der Waals surface area (Å²) in [5.41, 5.74) is -0.0357. The molecular weight excluding hydrogens is 299 g/mol. The van der Waals surface area contributed by atoms with Crippen molar-refractivity contribution in [3.8, 4) is 0 Å². The molecule has 0 spiro atoms. The largest absolute Gasteiger partial charge is 0.387 e. The van der Waals surface area contributed by atoms with Gasteiger partial charge in [-0.2, -0.15) is 0 Å². The summed E-state index contributed by atoms with van der Waals surface area (Å²) in [6.07, 6.45) is 0.546. The molecule has 23 heavy (non-hydrogen) atoms. The Labute approximate surface area is 135 Å². The molecule has 3 rings (SSSR count). The second kappa shape index (κ2) is 6.55. The zero-order chi connectivity index (χ0) is 16.4. The maximum Gasteiger partial charge on any atom is 0.254 e. The summed E-state index contributed by atoms with van der Waals surface area (Å²) in [6, 6.07) is 4.52. The molecule has 1 N–H and O–H groups in total. The van der Waals surface area contributed by atoms with E-state index in [1.807, 2.05) is 0 Å². The standard InChI is InChI=1S/C17H23FN2O3/c1-13-2-3-14(10-15(13)18)16(21)20-5-4-17(22,12-20)11-19-6-8-23-9-7-19/h2-3,10,22H,4-9,11-12H2,1H3. The molecule has 0 aromatic heterocycles.